The SMILES string of the molecule is CC(O)CN1CCN(c2ccccc2)CC1.Cl.Cl. The van der Waals surface area contributed by atoms with Crippen LogP contribution in [0.15, 0.2) is 30.3 Å². The first kappa shape index (κ1) is 17.5. The van der Waals surface area contributed by atoms with E-state index in [9.17, 15) is 5.11 Å². The van der Waals surface area contributed by atoms with Crippen LogP contribution >= 0.6 is 24.8 Å². The van der Waals surface area contributed by atoms with Crippen LogP contribution in [0.2, 0.25) is 0 Å². The van der Waals surface area contributed by atoms with Gasteiger partial charge in [0.05, 0.1) is 6.10 Å². The third-order valence-corrected chi connectivity index (χ3v) is 3.02. The third-order valence-electron chi connectivity index (χ3n) is 3.02. The normalized spacial score (nSPS) is 17.6. The highest BCUT2D eigenvalue weighted by molar-refractivity contribution is 5.85. The number of halogens is 2. The first-order valence-corrected chi connectivity index (χ1v) is 5.96. The van der Waals surface area contributed by atoms with Gasteiger partial charge in [0, 0.05) is 38.4 Å². The number of piperazine rings is 1. The Balaban J connectivity index is 0.00000144. The van der Waals surface area contributed by atoms with Crippen molar-refractivity contribution in [2.75, 3.05) is 37.6 Å². The molecule has 104 valence electrons. The molecule has 1 saturated heterocycles. The van der Waals surface area contributed by atoms with E-state index in [4.69, 9.17) is 0 Å². The number of hydrogen-bond donors (Lipinski definition) is 1. The van der Waals surface area contributed by atoms with Crippen LogP contribution in [-0.4, -0.2) is 48.8 Å². The first-order valence-electron chi connectivity index (χ1n) is 5.96. The van der Waals surface area contributed by atoms with Gasteiger partial charge in [-0.15, -0.1) is 24.8 Å². The number of aliphatic hydroxyl groups excluding tert-OH is 1. The molecule has 1 aromatic rings. The number of aliphatic hydroxyl groups is 1. The zero-order valence-corrected chi connectivity index (χ0v) is 12.3. The largest absolute Gasteiger partial charge is 0.392 e. The molecule has 3 nitrogen and oxygen atoms in total. The second kappa shape index (κ2) is 8.59. The van der Waals surface area contributed by atoms with E-state index in [2.05, 4.69) is 34.1 Å². The summed E-state index contributed by atoms with van der Waals surface area (Å²) in [7, 11) is 0. The van der Waals surface area contributed by atoms with Crippen molar-refractivity contribution in [1.82, 2.24) is 4.90 Å². The summed E-state index contributed by atoms with van der Waals surface area (Å²) >= 11 is 0. The van der Waals surface area contributed by atoms with Crippen molar-refractivity contribution < 1.29 is 5.11 Å². The Labute approximate surface area is 122 Å². The van der Waals surface area contributed by atoms with Crippen LogP contribution in [0.5, 0.6) is 0 Å². The quantitative estimate of drug-likeness (QED) is 0.924. The summed E-state index contributed by atoms with van der Waals surface area (Å²) in [6.07, 6.45) is -0.219. The van der Waals surface area contributed by atoms with Gasteiger partial charge in [0.25, 0.3) is 0 Å². The van der Waals surface area contributed by atoms with Crippen molar-refractivity contribution in [3.63, 3.8) is 0 Å². The smallest absolute Gasteiger partial charge is 0.0639 e. The highest BCUT2D eigenvalue weighted by Gasteiger charge is 2.17. The monoisotopic (exact) mass is 292 g/mol. The van der Waals surface area contributed by atoms with E-state index in [1.807, 2.05) is 13.0 Å². The molecule has 0 aromatic heterocycles. The lowest BCUT2D eigenvalue weighted by Crippen LogP contribution is -2.48. The molecule has 0 amide bonds. The summed E-state index contributed by atoms with van der Waals surface area (Å²) in [6.45, 7) is 6.83. The van der Waals surface area contributed by atoms with Gasteiger partial charge in [-0.1, -0.05) is 18.2 Å². The molecule has 0 spiro atoms. The van der Waals surface area contributed by atoms with Gasteiger partial charge < -0.3 is 10.0 Å². The van der Waals surface area contributed by atoms with Crippen molar-refractivity contribution >= 4 is 30.5 Å². The van der Waals surface area contributed by atoms with Crippen LogP contribution in [0.1, 0.15) is 6.92 Å². The van der Waals surface area contributed by atoms with Crippen molar-refractivity contribution in [2.45, 2.75) is 13.0 Å². The molecule has 1 aliphatic rings. The lowest BCUT2D eigenvalue weighted by atomic mass is 10.2. The number of nitrogens with zero attached hydrogens (tertiary/aromatic N) is 2. The molecule has 2 rings (SSSR count). The Morgan fingerprint density at radius 2 is 1.61 bits per heavy atom. The maximum atomic E-state index is 9.33. The highest BCUT2D eigenvalue weighted by Crippen LogP contribution is 2.15. The van der Waals surface area contributed by atoms with Gasteiger partial charge in [0.1, 0.15) is 0 Å². The molecule has 0 saturated carbocycles. The molecule has 0 bridgehead atoms. The Bertz CT molecular complexity index is 314. The van der Waals surface area contributed by atoms with Gasteiger partial charge in [-0.3, -0.25) is 4.90 Å². The minimum absolute atomic E-state index is 0. The van der Waals surface area contributed by atoms with E-state index in [0.29, 0.717) is 0 Å². The number of rotatable bonds is 3. The number of anilines is 1. The number of β-amino-alcohol motifs (C(OH)–C–C–N with tert-alkyl or cyclic N) is 1. The molecule has 0 aliphatic carbocycles. The van der Waals surface area contributed by atoms with Crippen LogP contribution in [-0.2, 0) is 0 Å². The van der Waals surface area contributed by atoms with Crippen LogP contribution < -0.4 is 4.90 Å². The van der Waals surface area contributed by atoms with Gasteiger partial charge in [-0.25, -0.2) is 0 Å². The van der Waals surface area contributed by atoms with E-state index in [0.717, 1.165) is 32.7 Å². The summed E-state index contributed by atoms with van der Waals surface area (Å²) < 4.78 is 0. The van der Waals surface area contributed by atoms with Gasteiger partial charge in [0.2, 0.25) is 0 Å². The van der Waals surface area contributed by atoms with Crippen molar-refractivity contribution in [2.24, 2.45) is 0 Å². The molecule has 1 aliphatic heterocycles. The predicted octanol–water partition coefficient (Wildman–Crippen LogP) is 2.03. The Morgan fingerprint density at radius 3 is 2.11 bits per heavy atom. The van der Waals surface area contributed by atoms with E-state index in [1.54, 1.807) is 0 Å². The van der Waals surface area contributed by atoms with E-state index < -0.39 is 0 Å². The van der Waals surface area contributed by atoms with Crippen molar-refractivity contribution in [3.8, 4) is 0 Å². The molecule has 1 N–H and O–H groups in total. The minimum Gasteiger partial charge on any atom is -0.392 e. The Kier molecular flexibility index (Phi) is 8.36. The van der Waals surface area contributed by atoms with Crippen LogP contribution in [0.3, 0.4) is 0 Å². The zero-order chi connectivity index (χ0) is 11.4. The van der Waals surface area contributed by atoms with Gasteiger partial charge in [-0.05, 0) is 19.1 Å². The van der Waals surface area contributed by atoms with E-state index in [-0.39, 0.29) is 30.9 Å². The summed E-state index contributed by atoms with van der Waals surface area (Å²) in [4.78, 5) is 4.72. The van der Waals surface area contributed by atoms with Crippen molar-refractivity contribution in [1.29, 1.82) is 0 Å². The number of hydrogen-bond acceptors (Lipinski definition) is 3. The summed E-state index contributed by atoms with van der Waals surface area (Å²) in [5.74, 6) is 0. The first-order chi connectivity index (χ1) is 7.75. The van der Waals surface area contributed by atoms with Crippen LogP contribution in [0.25, 0.3) is 0 Å². The number of para-hydroxylation sites is 1. The fourth-order valence-corrected chi connectivity index (χ4v) is 2.20. The molecule has 1 heterocycles. The lowest BCUT2D eigenvalue weighted by Gasteiger charge is -2.36. The lowest BCUT2D eigenvalue weighted by molar-refractivity contribution is 0.123. The molecular formula is C13H22Cl2N2O. The Hall–Kier alpha value is -0.480. The second-order valence-electron chi connectivity index (χ2n) is 4.47. The standard InChI is InChI=1S/C13H20N2O.2ClH/c1-12(16)11-14-7-9-15(10-8-14)13-5-3-2-4-6-13;;/h2-6,12,16H,7-11H2,1H3;2*1H. The third kappa shape index (κ3) is 5.02. The maximum Gasteiger partial charge on any atom is 0.0639 e. The number of benzene rings is 1. The van der Waals surface area contributed by atoms with Gasteiger partial charge in [-0.2, -0.15) is 0 Å². The average Bonchev–Trinajstić information content (AvgIpc) is 2.30. The zero-order valence-electron chi connectivity index (χ0n) is 10.7. The minimum atomic E-state index is -0.219. The van der Waals surface area contributed by atoms with Crippen LogP contribution in [0, 0.1) is 0 Å². The maximum absolute atomic E-state index is 9.33. The molecule has 1 atom stereocenters. The predicted molar refractivity (Wildman–Crippen MR) is 81.3 cm³/mol. The fraction of sp³-hybridized carbons (Fsp3) is 0.538. The van der Waals surface area contributed by atoms with Crippen molar-refractivity contribution in [3.05, 3.63) is 30.3 Å². The van der Waals surface area contributed by atoms with E-state index in [1.165, 1.54) is 5.69 Å². The molecule has 1 fully saturated rings. The second-order valence-corrected chi connectivity index (χ2v) is 4.47. The summed E-state index contributed by atoms with van der Waals surface area (Å²) in [6, 6.07) is 10.5. The molecule has 0 radical (unpaired) electrons. The van der Waals surface area contributed by atoms with Crippen LogP contribution in [0.4, 0.5) is 5.69 Å². The fourth-order valence-electron chi connectivity index (χ4n) is 2.20. The highest BCUT2D eigenvalue weighted by atomic mass is 35.5. The molecule has 18 heavy (non-hydrogen) atoms. The molecule has 5 heteroatoms. The molecule has 1 aromatic carbocycles. The Morgan fingerprint density at radius 1 is 1.06 bits per heavy atom. The van der Waals surface area contributed by atoms with Gasteiger partial charge in [0.15, 0.2) is 0 Å². The van der Waals surface area contributed by atoms with E-state index >= 15 is 0 Å². The average molecular weight is 293 g/mol. The topological polar surface area (TPSA) is 26.7 Å². The summed E-state index contributed by atoms with van der Waals surface area (Å²) in [5.41, 5.74) is 1.30. The summed E-state index contributed by atoms with van der Waals surface area (Å²) in [5, 5.41) is 9.33. The molecule has 1 unspecified atom stereocenters. The van der Waals surface area contributed by atoms with Gasteiger partial charge >= 0.3 is 0 Å². The molecular weight excluding hydrogens is 271 g/mol.